The predicted molar refractivity (Wildman–Crippen MR) is 408 cm³/mol. The molecule has 5 atom stereocenters. The van der Waals surface area contributed by atoms with E-state index in [0.717, 1.165) is 135 Å². The van der Waals surface area contributed by atoms with E-state index in [9.17, 15) is 43.5 Å². The molecule has 0 radical (unpaired) electrons. The van der Waals surface area contributed by atoms with Crippen LogP contribution >= 0.6 is 15.6 Å². The van der Waals surface area contributed by atoms with Crippen LogP contribution in [0.4, 0.5) is 0 Å². The fraction of sp³-hybridized carbons (Fsp3) is 0.765. The molecule has 0 saturated heterocycles. The molecule has 0 rings (SSSR count). The second-order valence-corrected chi connectivity index (χ2v) is 29.4. The smallest absolute Gasteiger partial charge is 0.463 e. The van der Waals surface area contributed by atoms with E-state index in [2.05, 4.69) is 118 Å². The highest BCUT2D eigenvalue weighted by atomic mass is 31.2. The normalized spacial score (nSPS) is 14.5. The number of allylic oxidation sites excluding steroid dienone is 16. The molecule has 0 amide bonds. The number of aliphatic hydroxyl groups is 2. The summed E-state index contributed by atoms with van der Waals surface area (Å²) in [4.78, 5) is 58.5. The van der Waals surface area contributed by atoms with Gasteiger partial charge in [-0.3, -0.25) is 32.5 Å². The lowest BCUT2D eigenvalue weighted by Gasteiger charge is -2.21. The molecule has 0 aliphatic carbocycles. The molecule has 16 nitrogen and oxygen atoms in total. The van der Waals surface area contributed by atoms with Gasteiger partial charge in [0, 0.05) is 19.3 Å². The molecular weight excluding hydrogens is 1290 g/mol. The zero-order chi connectivity index (χ0) is 72.3. The summed E-state index contributed by atoms with van der Waals surface area (Å²) < 4.78 is 61.1. The first-order valence-corrected chi connectivity index (χ1v) is 42.5. The van der Waals surface area contributed by atoms with E-state index >= 15 is 0 Å². The topological polar surface area (TPSA) is 231 Å². The first-order valence-electron chi connectivity index (χ1n) is 39.5. The Hall–Kier alpha value is -3.53. The molecule has 0 aromatic heterocycles. The Morgan fingerprint density at radius 1 is 0.293 bits per heavy atom. The number of carbonyl (C=O) groups is 3. The van der Waals surface area contributed by atoms with Gasteiger partial charge in [0.2, 0.25) is 0 Å². The Morgan fingerprint density at radius 2 is 0.535 bits per heavy atom. The molecule has 4 N–H and O–H groups in total. The van der Waals surface area contributed by atoms with E-state index in [1.54, 1.807) is 0 Å². The molecule has 0 fully saturated rings. The summed E-state index contributed by atoms with van der Waals surface area (Å²) in [6, 6.07) is 0. The number of hydrogen-bond acceptors (Lipinski definition) is 14. The van der Waals surface area contributed by atoms with E-state index < -0.39 is 91.5 Å². The van der Waals surface area contributed by atoms with Crippen molar-refractivity contribution in [3.8, 4) is 0 Å². The average molecular weight is 1440 g/mol. The minimum absolute atomic E-state index is 0.107. The maximum atomic E-state index is 12.9. The summed E-state index contributed by atoms with van der Waals surface area (Å²) in [7, 11) is -9.78. The highest BCUT2D eigenvalue weighted by Crippen LogP contribution is 2.45. The molecule has 0 bridgehead atoms. The van der Waals surface area contributed by atoms with E-state index in [-0.39, 0.29) is 19.3 Å². The summed E-state index contributed by atoms with van der Waals surface area (Å²) in [6.07, 6.45) is 84.7. The van der Waals surface area contributed by atoms with E-state index in [1.807, 2.05) is 0 Å². The number of carbonyl (C=O) groups excluding carboxylic acids is 3. The predicted octanol–water partition coefficient (Wildman–Crippen LogP) is 23.0. The van der Waals surface area contributed by atoms with Crippen LogP contribution in [0.2, 0.25) is 0 Å². The van der Waals surface area contributed by atoms with Crippen molar-refractivity contribution in [3.05, 3.63) is 97.2 Å². The molecule has 0 aromatic rings. The van der Waals surface area contributed by atoms with Crippen molar-refractivity contribution in [2.24, 2.45) is 0 Å². The molecule has 0 heterocycles. The van der Waals surface area contributed by atoms with Crippen molar-refractivity contribution < 1.29 is 75.8 Å². The highest BCUT2D eigenvalue weighted by molar-refractivity contribution is 7.47. The van der Waals surface area contributed by atoms with Crippen LogP contribution in [0.15, 0.2) is 97.2 Å². The van der Waals surface area contributed by atoms with Gasteiger partial charge in [0.1, 0.15) is 25.4 Å². The number of rotatable bonds is 75. The molecule has 18 heteroatoms. The second-order valence-electron chi connectivity index (χ2n) is 26.5. The molecule has 5 unspecified atom stereocenters. The third-order valence-electron chi connectivity index (χ3n) is 16.8. The molecule has 0 aromatic carbocycles. The first-order chi connectivity index (χ1) is 48.2. The zero-order valence-corrected chi connectivity index (χ0v) is 64.4. The van der Waals surface area contributed by atoms with Crippen LogP contribution in [0, 0.1) is 0 Å². The number of unbranched alkanes of at least 4 members (excludes halogenated alkanes) is 36. The maximum absolute atomic E-state index is 12.9. The number of phosphoric acid groups is 2. The Balaban J connectivity index is 4.40. The third-order valence-corrected chi connectivity index (χ3v) is 18.7. The van der Waals surface area contributed by atoms with Crippen LogP contribution in [-0.4, -0.2) is 95.9 Å². The third kappa shape index (κ3) is 75.5. The van der Waals surface area contributed by atoms with Crippen molar-refractivity contribution in [1.82, 2.24) is 0 Å². The van der Waals surface area contributed by atoms with E-state index in [0.29, 0.717) is 19.3 Å². The standard InChI is InChI=1S/C81H144O16P2/c1-4-7-10-13-16-19-22-25-28-29-30-31-32-33-34-35-36-37-38-39-40-41-42-43-44-45-48-50-52-55-58-61-64-67-79(84)91-70-76(82)71-93-98(87,88)94-72-77(83)73-95-99(89,90)96-75-78(97-81(86)69-66-63-60-57-54-51-47-27-24-21-18-15-12-9-6-3)74-92-80(85)68-65-62-59-56-53-49-46-26-23-20-17-14-11-8-5-2/h7,10,16-17,19-20,25-26,28,30-31,33-34,36-37,46,76-78,82-83H,4-6,8-9,11-15,18,21-24,27,29,32,35,38-45,47-75H2,1-3H3,(H,87,88)(H,89,90)/b10-7-,19-16-,20-17-,28-25-,31-30-,34-33-,37-36-,46-26-. The van der Waals surface area contributed by atoms with Gasteiger partial charge in [-0.1, -0.05) is 317 Å². The van der Waals surface area contributed by atoms with Crippen LogP contribution in [0.5, 0.6) is 0 Å². The van der Waals surface area contributed by atoms with Crippen molar-refractivity contribution in [2.75, 3.05) is 39.6 Å². The Morgan fingerprint density at radius 3 is 0.869 bits per heavy atom. The number of ether oxygens (including phenoxy) is 3. The van der Waals surface area contributed by atoms with Gasteiger partial charge in [-0.05, 0) is 103 Å². The maximum Gasteiger partial charge on any atom is 0.472 e. The van der Waals surface area contributed by atoms with Gasteiger partial charge >= 0.3 is 33.6 Å². The van der Waals surface area contributed by atoms with Crippen LogP contribution in [-0.2, 0) is 55.8 Å². The van der Waals surface area contributed by atoms with Gasteiger partial charge < -0.3 is 34.2 Å². The molecule has 0 aliphatic heterocycles. The van der Waals surface area contributed by atoms with Gasteiger partial charge in [-0.15, -0.1) is 0 Å². The van der Waals surface area contributed by atoms with Gasteiger partial charge in [0.15, 0.2) is 6.10 Å². The number of esters is 3. The summed E-state index contributed by atoms with van der Waals surface area (Å²) in [5, 5.41) is 20.6. The number of hydrogen-bond donors (Lipinski definition) is 4. The average Bonchev–Trinajstić information content (AvgIpc) is 1.43. The Bertz CT molecular complexity index is 2190. The van der Waals surface area contributed by atoms with Gasteiger partial charge in [0.05, 0.1) is 26.4 Å². The fourth-order valence-corrected chi connectivity index (χ4v) is 12.4. The molecular formula is C81H144O16P2. The molecule has 0 spiro atoms. The van der Waals surface area contributed by atoms with Crippen molar-refractivity contribution in [1.29, 1.82) is 0 Å². The Kier molecular flexibility index (Phi) is 71.6. The van der Waals surface area contributed by atoms with Gasteiger partial charge in [-0.2, -0.15) is 0 Å². The lowest BCUT2D eigenvalue weighted by Crippen LogP contribution is -2.30. The van der Waals surface area contributed by atoms with Crippen LogP contribution in [0.1, 0.15) is 342 Å². The van der Waals surface area contributed by atoms with Crippen LogP contribution in [0.25, 0.3) is 0 Å². The first kappa shape index (κ1) is 95.5. The number of aliphatic hydroxyl groups excluding tert-OH is 2. The number of phosphoric ester groups is 2. The SMILES string of the molecule is CC/C=C\C/C=C\C/C=C\C/C=C\C/C=C\C/C=C\CCCCCCCCCCCCCCCCC(=O)OCC(O)COP(=O)(O)OCC(O)COP(=O)(O)OCC(COC(=O)CCCCCCC/C=C\C/C=C\CCCCC)OC(=O)CCCCCCCCCCCCCCCCC. The Labute approximate surface area is 603 Å². The van der Waals surface area contributed by atoms with Crippen LogP contribution < -0.4 is 0 Å². The quantitative estimate of drug-likeness (QED) is 0.0146. The van der Waals surface area contributed by atoms with Crippen molar-refractivity contribution in [3.63, 3.8) is 0 Å². The highest BCUT2D eigenvalue weighted by Gasteiger charge is 2.29. The van der Waals surface area contributed by atoms with Crippen LogP contribution in [0.3, 0.4) is 0 Å². The van der Waals surface area contributed by atoms with Crippen molar-refractivity contribution >= 4 is 33.6 Å². The minimum atomic E-state index is -4.92. The summed E-state index contributed by atoms with van der Waals surface area (Å²) >= 11 is 0. The van der Waals surface area contributed by atoms with E-state index in [4.69, 9.17) is 32.3 Å². The molecule has 99 heavy (non-hydrogen) atoms. The van der Waals surface area contributed by atoms with Crippen molar-refractivity contribution in [2.45, 2.75) is 360 Å². The fourth-order valence-electron chi connectivity index (χ4n) is 10.8. The van der Waals surface area contributed by atoms with E-state index in [1.165, 1.54) is 148 Å². The molecule has 574 valence electrons. The van der Waals surface area contributed by atoms with Gasteiger partial charge in [-0.25, -0.2) is 9.13 Å². The molecule has 0 saturated carbocycles. The molecule has 0 aliphatic rings. The summed E-state index contributed by atoms with van der Waals surface area (Å²) in [5.41, 5.74) is 0. The largest absolute Gasteiger partial charge is 0.472 e. The lowest BCUT2D eigenvalue weighted by atomic mass is 10.0. The monoisotopic (exact) mass is 1430 g/mol. The zero-order valence-electron chi connectivity index (χ0n) is 62.6. The summed E-state index contributed by atoms with van der Waals surface area (Å²) in [5.74, 6) is -1.57. The minimum Gasteiger partial charge on any atom is -0.463 e. The van der Waals surface area contributed by atoms with Gasteiger partial charge in [0.25, 0.3) is 0 Å². The summed E-state index contributed by atoms with van der Waals surface area (Å²) in [6.45, 7) is 2.56. The lowest BCUT2D eigenvalue weighted by molar-refractivity contribution is -0.161. The second kappa shape index (κ2) is 74.2.